The lowest BCUT2D eigenvalue weighted by atomic mass is 10.1. The van der Waals surface area contributed by atoms with Gasteiger partial charge in [-0.1, -0.05) is 25.6 Å². The van der Waals surface area contributed by atoms with E-state index in [0.717, 1.165) is 28.0 Å². The number of hydrogen-bond donors (Lipinski definition) is 0. The number of fused-ring (bicyclic) bond motifs is 2. The van der Waals surface area contributed by atoms with Crippen molar-refractivity contribution in [3.8, 4) is 39.8 Å². The fourth-order valence-electron chi connectivity index (χ4n) is 5.00. The molecule has 6 aromatic rings. The van der Waals surface area contributed by atoms with E-state index >= 15 is 4.39 Å². The van der Waals surface area contributed by atoms with Gasteiger partial charge in [-0.2, -0.15) is 5.10 Å². The fourth-order valence-corrected chi connectivity index (χ4v) is 5.51. The summed E-state index contributed by atoms with van der Waals surface area (Å²) in [5.41, 5.74) is 9.31. The summed E-state index contributed by atoms with van der Waals surface area (Å²) in [6.45, 7) is 6.53. The third kappa shape index (κ3) is 4.08. The molecule has 0 amide bonds. The first-order valence-corrected chi connectivity index (χ1v) is 16.3. The van der Waals surface area contributed by atoms with Crippen LogP contribution in [-0.4, -0.2) is 46.1 Å². The summed E-state index contributed by atoms with van der Waals surface area (Å²) >= 11 is 0. The van der Waals surface area contributed by atoms with Crippen LogP contribution in [-0.2, 0) is 28.2 Å². The van der Waals surface area contributed by atoms with Gasteiger partial charge < -0.3 is 4.57 Å². The minimum atomic E-state index is -1.73. The zero-order valence-corrected chi connectivity index (χ0v) is 24.5. The van der Waals surface area contributed by atoms with E-state index in [1.165, 1.54) is 6.07 Å². The van der Waals surface area contributed by atoms with E-state index in [2.05, 4.69) is 41.2 Å². The van der Waals surface area contributed by atoms with Gasteiger partial charge in [0.15, 0.2) is 5.82 Å². The molecule has 0 saturated heterocycles. The maximum absolute atomic E-state index is 15.7. The van der Waals surface area contributed by atoms with E-state index in [4.69, 9.17) is 4.98 Å². The first-order valence-electron chi connectivity index (χ1n) is 12.8. The van der Waals surface area contributed by atoms with Crippen LogP contribution in [0.3, 0.4) is 0 Å². The predicted octanol–water partition coefficient (Wildman–Crippen LogP) is 4.38. The Morgan fingerprint density at radius 1 is 0.950 bits per heavy atom. The van der Waals surface area contributed by atoms with Gasteiger partial charge in [-0.05, 0) is 18.2 Å². The Hall–Kier alpha value is -4.69. The predicted molar refractivity (Wildman–Crippen MR) is 157 cm³/mol. The lowest BCUT2D eigenvalue weighted by Gasteiger charge is -2.13. The highest BCUT2D eigenvalue weighted by atomic mass is 28.3. The zero-order chi connectivity index (χ0) is 28.5. The van der Waals surface area contributed by atoms with Crippen LogP contribution >= 0.6 is 0 Å². The number of aromatic nitrogens is 8. The van der Waals surface area contributed by atoms with Crippen molar-refractivity contribution in [3.63, 3.8) is 0 Å². The second kappa shape index (κ2) is 8.92. The second-order valence-electron chi connectivity index (χ2n) is 11.1. The van der Waals surface area contributed by atoms with Crippen molar-refractivity contribution in [2.24, 2.45) is 28.2 Å². The molecule has 4 aromatic heterocycles. The van der Waals surface area contributed by atoms with Crippen LogP contribution in [0.25, 0.3) is 50.4 Å². The molecule has 0 bridgehead atoms. The van der Waals surface area contributed by atoms with Crippen LogP contribution in [0.5, 0.6) is 0 Å². The van der Waals surface area contributed by atoms with Gasteiger partial charge >= 0.3 is 5.69 Å². The Bertz CT molecular complexity index is 2090. The Kier molecular flexibility index (Phi) is 5.71. The summed E-state index contributed by atoms with van der Waals surface area (Å²) in [4.78, 5) is 22.2. The van der Waals surface area contributed by atoms with Gasteiger partial charge in [-0.25, -0.2) is 19.2 Å². The van der Waals surface area contributed by atoms with Crippen molar-refractivity contribution in [1.82, 2.24) is 38.0 Å². The molecule has 6 rings (SSSR count). The Labute approximate surface area is 231 Å². The highest BCUT2D eigenvalue weighted by Crippen LogP contribution is 2.34. The summed E-state index contributed by atoms with van der Waals surface area (Å²) in [7, 11) is 5.47. The van der Waals surface area contributed by atoms with E-state index in [0.29, 0.717) is 28.0 Å². The quantitative estimate of drug-likeness (QED) is 0.241. The van der Waals surface area contributed by atoms with Crippen LogP contribution < -0.4 is 5.69 Å². The van der Waals surface area contributed by atoms with Crippen molar-refractivity contribution in [2.45, 2.75) is 19.6 Å². The van der Waals surface area contributed by atoms with Gasteiger partial charge in [-0.3, -0.25) is 18.4 Å². The van der Waals surface area contributed by atoms with Gasteiger partial charge in [0.05, 0.1) is 52.0 Å². The van der Waals surface area contributed by atoms with E-state index < -0.39 is 8.07 Å². The van der Waals surface area contributed by atoms with Crippen molar-refractivity contribution >= 4 is 30.1 Å². The first-order chi connectivity index (χ1) is 18.9. The zero-order valence-electron chi connectivity index (χ0n) is 23.5. The third-order valence-electron chi connectivity index (χ3n) is 6.98. The minimum absolute atomic E-state index is 0.141. The van der Waals surface area contributed by atoms with Gasteiger partial charge in [-0.15, -0.1) is 5.54 Å². The number of imidazole rings is 3. The molecule has 0 spiro atoms. The molecule has 0 fully saturated rings. The number of rotatable bonds is 3. The summed E-state index contributed by atoms with van der Waals surface area (Å²) < 4.78 is 24.4. The van der Waals surface area contributed by atoms with Gasteiger partial charge in [0, 0.05) is 51.6 Å². The summed E-state index contributed by atoms with van der Waals surface area (Å²) in [6.07, 6.45) is 6.85. The van der Waals surface area contributed by atoms with Gasteiger partial charge in [0.1, 0.15) is 19.6 Å². The molecule has 202 valence electrons. The lowest BCUT2D eigenvalue weighted by Crippen LogP contribution is -2.19. The van der Waals surface area contributed by atoms with Crippen LogP contribution in [0.2, 0.25) is 19.6 Å². The monoisotopic (exact) mass is 552 g/mol. The Morgan fingerprint density at radius 3 is 2.38 bits per heavy atom. The van der Waals surface area contributed by atoms with Crippen molar-refractivity contribution < 1.29 is 4.39 Å². The van der Waals surface area contributed by atoms with Crippen LogP contribution in [0.15, 0.2) is 54.0 Å². The van der Waals surface area contributed by atoms with Gasteiger partial charge in [0.2, 0.25) is 0 Å². The molecule has 0 aliphatic carbocycles. The minimum Gasteiger partial charge on any atom is -0.331 e. The maximum atomic E-state index is 15.7. The Morgan fingerprint density at radius 2 is 1.73 bits per heavy atom. The van der Waals surface area contributed by atoms with Gasteiger partial charge in [0.25, 0.3) is 0 Å². The molecule has 4 heterocycles. The molecule has 0 radical (unpaired) electrons. The van der Waals surface area contributed by atoms with E-state index in [-0.39, 0.29) is 11.5 Å². The average Bonchev–Trinajstić information content (AvgIpc) is 3.65. The van der Waals surface area contributed by atoms with Crippen molar-refractivity contribution in [1.29, 1.82) is 0 Å². The molecule has 0 saturated carbocycles. The van der Waals surface area contributed by atoms with Crippen LogP contribution in [0.1, 0.15) is 5.56 Å². The number of benzene rings is 2. The third-order valence-corrected chi connectivity index (χ3v) is 7.86. The molecular weight excluding hydrogens is 523 g/mol. The summed E-state index contributed by atoms with van der Waals surface area (Å²) in [5.74, 6) is 3.59. The molecule has 0 atom stereocenters. The van der Waals surface area contributed by atoms with E-state index in [9.17, 15) is 4.79 Å². The highest BCUT2D eigenvalue weighted by molar-refractivity contribution is 6.83. The molecule has 11 heteroatoms. The number of aryl methyl sites for hydroxylation is 4. The van der Waals surface area contributed by atoms with E-state index in [1.807, 2.05) is 28.3 Å². The largest absolute Gasteiger partial charge is 0.331 e. The molecule has 0 aliphatic rings. The normalized spacial score (nSPS) is 11.9. The number of nitrogens with zero attached hydrogens (tertiary/aromatic N) is 8. The standard InChI is InChI=1S/C29H29FN8OSi/c1-34-17-31-15-26(34)28-33-23-12-21(19-14-32-35(2)16-19)22(30)13-24(23)38(28)20-10-18(8-9-40(5,6)7)27-25(11-20)36(3)29(39)37(27)4/h10-17H,1-7H3. The molecule has 9 nitrogen and oxygen atoms in total. The molecular formula is C29H29FN8OSi. The lowest BCUT2D eigenvalue weighted by molar-refractivity contribution is 0.632. The fraction of sp³-hybridized carbons (Fsp3) is 0.241. The van der Waals surface area contributed by atoms with Crippen LogP contribution in [0.4, 0.5) is 4.39 Å². The van der Waals surface area contributed by atoms with Crippen molar-refractivity contribution in [2.75, 3.05) is 0 Å². The number of hydrogen-bond acceptors (Lipinski definition) is 4. The second-order valence-corrected chi connectivity index (χ2v) is 15.9. The first kappa shape index (κ1) is 25.6. The summed E-state index contributed by atoms with van der Waals surface area (Å²) in [5, 5.41) is 4.20. The van der Waals surface area contributed by atoms with Crippen molar-refractivity contribution in [3.05, 3.63) is 71.0 Å². The summed E-state index contributed by atoms with van der Waals surface area (Å²) in [6, 6.07) is 7.15. The smallest absolute Gasteiger partial charge is 0.328 e. The highest BCUT2D eigenvalue weighted by Gasteiger charge is 2.22. The molecule has 40 heavy (non-hydrogen) atoms. The topological polar surface area (TPSA) is 80.4 Å². The molecule has 2 aromatic carbocycles. The average molecular weight is 553 g/mol. The Balaban J connectivity index is 1.71. The molecule has 0 N–H and O–H groups in total. The van der Waals surface area contributed by atoms with E-state index in [1.54, 1.807) is 65.9 Å². The number of halogens is 1. The SMILES string of the molecule is Cn1cc(-c2cc3nc(-c4cncn4C)n(-c4cc(C#C[Si](C)(C)C)c5c(c4)n(C)c(=O)n5C)c3cc2F)cn1. The molecule has 0 aliphatic heterocycles. The molecule has 0 unspecified atom stereocenters. The van der Waals surface area contributed by atoms with Crippen LogP contribution in [0, 0.1) is 17.3 Å². The maximum Gasteiger partial charge on any atom is 0.328 e.